The second kappa shape index (κ2) is 7.65. The highest BCUT2D eigenvalue weighted by Crippen LogP contribution is 2.23. The topological polar surface area (TPSA) is 96.8 Å². The number of nitrogens with one attached hydrogen (secondary N) is 1. The van der Waals surface area contributed by atoms with E-state index in [-0.39, 0.29) is 11.3 Å². The maximum Gasteiger partial charge on any atom is 0.335 e. The van der Waals surface area contributed by atoms with E-state index in [0.29, 0.717) is 16.3 Å². The van der Waals surface area contributed by atoms with E-state index in [1.165, 1.54) is 18.3 Å². The normalized spacial score (nSPS) is 11.2. The van der Waals surface area contributed by atoms with E-state index in [9.17, 15) is 9.59 Å². The number of carboxylic acid groups (broad SMARTS) is 1. The van der Waals surface area contributed by atoms with Crippen molar-refractivity contribution < 1.29 is 19.1 Å². The molecule has 0 radical (unpaired) electrons. The van der Waals surface area contributed by atoms with E-state index in [1.807, 2.05) is 22.9 Å². The number of aromatic nitrogens is 1. The van der Waals surface area contributed by atoms with Gasteiger partial charge < -0.3 is 14.1 Å². The van der Waals surface area contributed by atoms with Crippen molar-refractivity contribution in [1.29, 1.82) is 0 Å². The van der Waals surface area contributed by atoms with Crippen molar-refractivity contribution in [3.8, 4) is 5.69 Å². The van der Waals surface area contributed by atoms with Gasteiger partial charge in [0, 0.05) is 22.3 Å². The third-order valence-electron chi connectivity index (χ3n) is 4.24. The zero-order chi connectivity index (χ0) is 20.4. The molecule has 2 N–H and O–H groups in total. The molecular weight excluding hydrogens is 394 g/mol. The number of rotatable bonds is 5. The summed E-state index contributed by atoms with van der Waals surface area (Å²) in [4.78, 5) is 23.2. The first-order valence-electron chi connectivity index (χ1n) is 8.55. The molecule has 2 aromatic heterocycles. The highest BCUT2D eigenvalue weighted by Gasteiger charge is 2.12. The van der Waals surface area contributed by atoms with Crippen LogP contribution in [0.3, 0.4) is 0 Å². The summed E-state index contributed by atoms with van der Waals surface area (Å²) in [5.41, 5.74) is 4.65. The van der Waals surface area contributed by atoms with Crippen LogP contribution < -0.4 is 5.43 Å². The minimum atomic E-state index is -0.985. The average molecular weight is 408 g/mol. The Balaban J connectivity index is 1.49. The molecule has 2 heterocycles. The summed E-state index contributed by atoms with van der Waals surface area (Å²) < 4.78 is 7.31. The Kier molecular flexibility index (Phi) is 4.88. The molecule has 29 heavy (non-hydrogen) atoms. The maximum absolute atomic E-state index is 12.3. The van der Waals surface area contributed by atoms with Crippen LogP contribution in [-0.2, 0) is 0 Å². The van der Waals surface area contributed by atoms with Crippen molar-refractivity contribution in [1.82, 2.24) is 9.99 Å². The standard InChI is InChI=1S/C21H14ClN3O4/c22-15-5-8-18-14(10-15)11-19(29-18)20(26)24-23-12-17-2-1-9-25(17)16-6-3-13(4-7-16)21(27)28/h1-12H,(H,24,26)(H,27,28). The van der Waals surface area contributed by atoms with Gasteiger partial charge in [-0.15, -0.1) is 0 Å². The molecule has 2 aromatic carbocycles. The van der Waals surface area contributed by atoms with E-state index in [1.54, 1.807) is 36.4 Å². The third-order valence-corrected chi connectivity index (χ3v) is 4.47. The van der Waals surface area contributed by atoms with E-state index in [2.05, 4.69) is 10.5 Å². The molecule has 0 fully saturated rings. The highest BCUT2D eigenvalue weighted by atomic mass is 35.5. The monoisotopic (exact) mass is 407 g/mol. The van der Waals surface area contributed by atoms with Crippen LogP contribution in [0.2, 0.25) is 5.02 Å². The van der Waals surface area contributed by atoms with E-state index >= 15 is 0 Å². The van der Waals surface area contributed by atoms with Crippen LogP contribution in [0.15, 0.2) is 76.4 Å². The van der Waals surface area contributed by atoms with E-state index in [4.69, 9.17) is 21.1 Å². The summed E-state index contributed by atoms with van der Waals surface area (Å²) in [6.45, 7) is 0. The lowest BCUT2D eigenvalue weighted by Gasteiger charge is -2.06. The molecule has 144 valence electrons. The Morgan fingerprint density at radius 2 is 1.90 bits per heavy atom. The number of carboxylic acids is 1. The zero-order valence-corrected chi connectivity index (χ0v) is 15.6. The molecule has 0 atom stereocenters. The molecule has 0 bridgehead atoms. The fourth-order valence-electron chi connectivity index (χ4n) is 2.84. The van der Waals surface area contributed by atoms with Crippen molar-refractivity contribution in [3.63, 3.8) is 0 Å². The summed E-state index contributed by atoms with van der Waals surface area (Å²) in [5.74, 6) is -1.35. The Morgan fingerprint density at radius 3 is 2.66 bits per heavy atom. The first kappa shape index (κ1) is 18.5. The molecule has 0 aliphatic rings. The minimum Gasteiger partial charge on any atom is -0.478 e. The molecule has 4 rings (SSSR count). The lowest BCUT2D eigenvalue weighted by molar-refractivity contribution is 0.0696. The second-order valence-corrected chi connectivity index (χ2v) is 6.58. The van der Waals surface area contributed by atoms with Crippen LogP contribution in [0.1, 0.15) is 26.6 Å². The molecule has 0 aliphatic heterocycles. The molecule has 1 amide bonds. The first-order valence-corrected chi connectivity index (χ1v) is 8.93. The van der Waals surface area contributed by atoms with Gasteiger partial charge in [-0.2, -0.15) is 5.10 Å². The zero-order valence-electron chi connectivity index (χ0n) is 14.9. The van der Waals surface area contributed by atoms with Crippen LogP contribution in [0, 0.1) is 0 Å². The minimum absolute atomic E-state index is 0.124. The van der Waals surface area contributed by atoms with Gasteiger partial charge in [-0.25, -0.2) is 10.2 Å². The van der Waals surface area contributed by atoms with Crippen molar-refractivity contribution in [2.75, 3.05) is 0 Å². The Labute approximate surface area is 169 Å². The Bertz CT molecular complexity index is 1240. The molecule has 4 aromatic rings. The van der Waals surface area contributed by atoms with Crippen molar-refractivity contribution in [3.05, 3.63) is 88.9 Å². The van der Waals surface area contributed by atoms with Gasteiger partial charge in [0.1, 0.15) is 5.58 Å². The van der Waals surface area contributed by atoms with Crippen LogP contribution in [0.5, 0.6) is 0 Å². The van der Waals surface area contributed by atoms with E-state index in [0.717, 1.165) is 11.1 Å². The summed E-state index contributed by atoms with van der Waals surface area (Å²) in [6.07, 6.45) is 3.30. The predicted molar refractivity (Wildman–Crippen MR) is 109 cm³/mol. The molecule has 0 aliphatic carbocycles. The summed E-state index contributed by atoms with van der Waals surface area (Å²) in [7, 11) is 0. The molecule has 0 saturated heterocycles. The molecule has 7 nitrogen and oxygen atoms in total. The van der Waals surface area contributed by atoms with E-state index < -0.39 is 11.9 Å². The highest BCUT2D eigenvalue weighted by molar-refractivity contribution is 6.31. The Morgan fingerprint density at radius 1 is 1.10 bits per heavy atom. The number of halogens is 1. The number of carbonyl (C=O) groups excluding carboxylic acids is 1. The lowest BCUT2D eigenvalue weighted by Crippen LogP contribution is -2.17. The number of amides is 1. The lowest BCUT2D eigenvalue weighted by atomic mass is 10.2. The number of nitrogens with zero attached hydrogens (tertiary/aromatic N) is 2. The summed E-state index contributed by atoms with van der Waals surface area (Å²) >= 11 is 5.94. The fraction of sp³-hybridized carbons (Fsp3) is 0. The second-order valence-electron chi connectivity index (χ2n) is 6.15. The molecule has 0 saturated carbocycles. The largest absolute Gasteiger partial charge is 0.478 e. The van der Waals surface area contributed by atoms with Crippen LogP contribution >= 0.6 is 11.6 Å². The smallest absolute Gasteiger partial charge is 0.335 e. The van der Waals surface area contributed by atoms with Crippen LogP contribution in [0.4, 0.5) is 0 Å². The van der Waals surface area contributed by atoms with Gasteiger partial charge >= 0.3 is 11.9 Å². The van der Waals surface area contributed by atoms with Gasteiger partial charge in [0.05, 0.1) is 17.5 Å². The quantitative estimate of drug-likeness (QED) is 0.380. The number of hydrogen-bond donors (Lipinski definition) is 2. The average Bonchev–Trinajstić information content (AvgIpc) is 3.34. The van der Waals surface area contributed by atoms with Gasteiger partial charge in [0.25, 0.3) is 0 Å². The molecule has 0 unspecified atom stereocenters. The third kappa shape index (κ3) is 3.90. The SMILES string of the molecule is O=C(O)c1ccc(-n2cccc2C=NNC(=O)c2cc3cc(Cl)ccc3o2)cc1. The Hall–Kier alpha value is -3.84. The van der Waals surface area contributed by atoms with Gasteiger partial charge in [0.15, 0.2) is 5.76 Å². The first-order chi connectivity index (χ1) is 14.0. The van der Waals surface area contributed by atoms with Gasteiger partial charge in [0.2, 0.25) is 0 Å². The summed E-state index contributed by atoms with van der Waals surface area (Å²) in [6, 6.07) is 16.7. The number of benzene rings is 2. The number of fused-ring (bicyclic) bond motifs is 1. The van der Waals surface area contributed by atoms with Gasteiger partial charge in [-0.05, 0) is 60.7 Å². The van der Waals surface area contributed by atoms with Crippen molar-refractivity contribution in [2.45, 2.75) is 0 Å². The van der Waals surface area contributed by atoms with Crippen molar-refractivity contribution >= 4 is 40.7 Å². The fourth-order valence-corrected chi connectivity index (χ4v) is 3.02. The number of furan rings is 1. The van der Waals surface area contributed by atoms with Crippen LogP contribution in [-0.4, -0.2) is 27.8 Å². The number of aromatic carboxylic acids is 1. The number of hydrogen-bond acceptors (Lipinski definition) is 4. The number of hydrazone groups is 1. The van der Waals surface area contributed by atoms with Crippen LogP contribution in [0.25, 0.3) is 16.7 Å². The molecule has 8 heteroatoms. The summed E-state index contributed by atoms with van der Waals surface area (Å²) in [5, 5.41) is 14.3. The molecule has 0 spiro atoms. The maximum atomic E-state index is 12.3. The van der Waals surface area contributed by atoms with Crippen molar-refractivity contribution in [2.24, 2.45) is 5.10 Å². The molecular formula is C21H14ClN3O4. The van der Waals surface area contributed by atoms with Gasteiger partial charge in [-0.1, -0.05) is 11.6 Å². The number of carbonyl (C=O) groups is 2. The van der Waals surface area contributed by atoms with Gasteiger partial charge in [-0.3, -0.25) is 4.79 Å². The predicted octanol–water partition coefficient (Wildman–Crippen LogP) is 4.34.